The largest absolute Gasteiger partial charge is 2.00 e. The fourth-order valence-corrected chi connectivity index (χ4v) is 6.47. The molecule has 0 saturated heterocycles. The summed E-state index contributed by atoms with van der Waals surface area (Å²) in [6, 6.07) is 16.6. The number of nitrogens with zero attached hydrogens (tertiary/aromatic N) is 12. The van der Waals surface area contributed by atoms with Crippen LogP contribution in [-0.4, -0.2) is 47.3 Å². The summed E-state index contributed by atoms with van der Waals surface area (Å²) < 4.78 is 11.9. The number of para-hydroxylation sites is 2. The Morgan fingerprint density at radius 3 is 1.60 bits per heavy atom. The molecular weight excluding hydrogens is 991 g/mol. The van der Waals surface area contributed by atoms with Gasteiger partial charge in [-0.1, -0.05) is 84.5 Å². The molecule has 0 N–H and O–H groups in total. The summed E-state index contributed by atoms with van der Waals surface area (Å²) in [5, 5.41) is 4.48. The second-order valence-electron chi connectivity index (χ2n) is 11.8. The average molecular weight is 1020 g/mol. The Labute approximate surface area is 314 Å². The van der Waals surface area contributed by atoms with Crippen LogP contribution in [0.3, 0.4) is 0 Å². The monoisotopic (exact) mass is 1020 g/mol. The van der Waals surface area contributed by atoms with E-state index < -0.39 is 0 Å². The molecule has 8 heterocycles. The van der Waals surface area contributed by atoms with Gasteiger partial charge in [0.05, 0.1) is 0 Å². The zero-order chi connectivity index (χ0) is 32.5. The Kier molecular flexibility index (Phi) is 8.62. The Hall–Kier alpha value is -5.18. The molecule has 12 nitrogen and oxygen atoms in total. The Balaban J connectivity index is 0.000000151. The summed E-state index contributed by atoms with van der Waals surface area (Å²) in [4.78, 5) is 27.4. The first-order valence-corrected chi connectivity index (χ1v) is 15.4. The standard InChI is InChI=1S/2C18H14N6.2Pt/c2*1-22-10-7-19-16(22)14-5-3-4-12-13-6-9-24(17(13)21-15(12)14)18-20-8-11-23(18)2;;/h3-6,8-11H,1-2H3;3-7,9-11H,1-2H3;;/q2*-2;2*+2. The molecule has 252 valence electrons. The molecule has 0 fully saturated rings. The Morgan fingerprint density at radius 1 is 0.520 bits per heavy atom. The van der Waals surface area contributed by atoms with Gasteiger partial charge in [-0.2, -0.15) is 0 Å². The average Bonchev–Trinajstić information content (AvgIpc) is 3.92. The van der Waals surface area contributed by atoms with Gasteiger partial charge in [-0.3, -0.25) is 0 Å². The van der Waals surface area contributed by atoms with Crippen LogP contribution in [0, 0.1) is 12.4 Å². The topological polar surface area (TPSA) is 109 Å². The van der Waals surface area contributed by atoms with Crippen molar-refractivity contribution in [1.29, 1.82) is 0 Å². The normalized spacial score (nSPS) is 11.3. The van der Waals surface area contributed by atoms with Gasteiger partial charge in [-0.15, -0.1) is 12.4 Å². The molecule has 0 aliphatic rings. The third kappa shape index (κ3) is 5.13. The SMILES string of the molecule is Cn1c[c-]nc1-c1cccc2c1[n-]c1c2ccn1-c1nccn1C.Cn1ccnc1-c1cccc2c1[n-]c1c2ccn1-c1n[c-]cn1C.[Pt+2].[Pt+2]. The van der Waals surface area contributed by atoms with Crippen molar-refractivity contribution in [3.8, 4) is 34.7 Å². The van der Waals surface area contributed by atoms with Gasteiger partial charge in [0, 0.05) is 44.4 Å². The summed E-state index contributed by atoms with van der Waals surface area (Å²) in [6.45, 7) is 0. The molecular formula is C36H28N12Pt2. The van der Waals surface area contributed by atoms with Gasteiger partial charge in [0.1, 0.15) is 11.8 Å². The van der Waals surface area contributed by atoms with Gasteiger partial charge in [0.15, 0.2) is 0 Å². The van der Waals surface area contributed by atoms with E-state index in [0.717, 1.165) is 78.5 Å². The van der Waals surface area contributed by atoms with Crippen LogP contribution in [0.5, 0.6) is 0 Å². The molecule has 0 amide bonds. The van der Waals surface area contributed by atoms with Gasteiger partial charge in [-0.25, -0.2) is 9.97 Å². The molecule has 0 spiro atoms. The van der Waals surface area contributed by atoms with E-state index in [1.54, 1.807) is 12.4 Å². The molecule has 0 unspecified atom stereocenters. The smallest absolute Gasteiger partial charge is 0.472 e. The quantitative estimate of drug-likeness (QED) is 0.221. The van der Waals surface area contributed by atoms with Gasteiger partial charge in [0.2, 0.25) is 0 Å². The first kappa shape index (κ1) is 33.3. The number of aryl methyl sites for hydroxylation is 4. The third-order valence-electron chi connectivity index (χ3n) is 8.82. The van der Waals surface area contributed by atoms with E-state index in [0.29, 0.717) is 0 Å². The van der Waals surface area contributed by atoms with E-state index in [1.807, 2.05) is 98.8 Å². The summed E-state index contributed by atoms with van der Waals surface area (Å²) in [7, 11) is 7.89. The summed E-state index contributed by atoms with van der Waals surface area (Å²) in [5.74, 6) is 3.42. The molecule has 14 heteroatoms. The second kappa shape index (κ2) is 12.9. The predicted molar refractivity (Wildman–Crippen MR) is 184 cm³/mol. The molecule has 50 heavy (non-hydrogen) atoms. The number of benzene rings is 2. The van der Waals surface area contributed by atoms with Crippen molar-refractivity contribution in [2.24, 2.45) is 28.2 Å². The van der Waals surface area contributed by atoms with Crippen molar-refractivity contribution in [2.75, 3.05) is 0 Å². The van der Waals surface area contributed by atoms with E-state index in [2.05, 4.69) is 74.8 Å². The minimum absolute atomic E-state index is 0. The summed E-state index contributed by atoms with van der Waals surface area (Å²) >= 11 is 0. The van der Waals surface area contributed by atoms with Crippen LogP contribution >= 0.6 is 0 Å². The van der Waals surface area contributed by atoms with E-state index in [-0.39, 0.29) is 42.1 Å². The van der Waals surface area contributed by atoms with Crippen LogP contribution in [0.2, 0.25) is 0 Å². The number of imidazole rings is 4. The van der Waals surface area contributed by atoms with Crippen molar-refractivity contribution >= 4 is 43.9 Å². The number of hydrogen-bond donors (Lipinski definition) is 0. The van der Waals surface area contributed by atoms with Crippen molar-refractivity contribution < 1.29 is 42.1 Å². The van der Waals surface area contributed by atoms with E-state index >= 15 is 0 Å². The Morgan fingerprint density at radius 2 is 1.08 bits per heavy atom. The number of fused-ring (bicyclic) bond motifs is 6. The minimum atomic E-state index is 0. The molecule has 8 aromatic heterocycles. The molecule has 0 radical (unpaired) electrons. The number of hydrogen-bond acceptors (Lipinski definition) is 4. The van der Waals surface area contributed by atoms with Crippen molar-refractivity contribution in [1.82, 2.24) is 57.3 Å². The predicted octanol–water partition coefficient (Wildman–Crippen LogP) is 5.35. The molecule has 0 aliphatic carbocycles. The summed E-state index contributed by atoms with van der Waals surface area (Å²) in [5.41, 5.74) is 5.77. The minimum Gasteiger partial charge on any atom is -0.472 e. The van der Waals surface area contributed by atoms with Crippen LogP contribution < -0.4 is 9.97 Å². The molecule has 0 bridgehead atoms. The summed E-state index contributed by atoms with van der Waals surface area (Å²) in [6.07, 6.45) is 20.9. The fraction of sp³-hybridized carbons (Fsp3) is 0.111. The molecule has 0 aliphatic heterocycles. The van der Waals surface area contributed by atoms with Gasteiger partial charge in [0.25, 0.3) is 0 Å². The van der Waals surface area contributed by atoms with E-state index in [9.17, 15) is 0 Å². The Bertz CT molecular complexity index is 2570. The van der Waals surface area contributed by atoms with Gasteiger partial charge >= 0.3 is 42.1 Å². The van der Waals surface area contributed by atoms with Crippen LogP contribution in [0.15, 0.2) is 98.1 Å². The van der Waals surface area contributed by atoms with Crippen LogP contribution in [0.25, 0.3) is 78.5 Å². The second-order valence-corrected chi connectivity index (χ2v) is 11.8. The molecule has 0 saturated carbocycles. The number of aromatic nitrogens is 12. The van der Waals surface area contributed by atoms with Crippen molar-refractivity contribution in [3.63, 3.8) is 0 Å². The van der Waals surface area contributed by atoms with Crippen molar-refractivity contribution in [2.45, 2.75) is 0 Å². The molecule has 10 aromatic rings. The fourth-order valence-electron chi connectivity index (χ4n) is 6.47. The molecule has 10 rings (SSSR count). The number of rotatable bonds is 4. The van der Waals surface area contributed by atoms with Crippen LogP contribution in [-0.2, 0) is 70.3 Å². The first-order valence-electron chi connectivity index (χ1n) is 15.4. The maximum Gasteiger partial charge on any atom is 2.00 e. The first-order chi connectivity index (χ1) is 23.5. The van der Waals surface area contributed by atoms with Crippen molar-refractivity contribution in [3.05, 3.63) is 110 Å². The third-order valence-corrected chi connectivity index (χ3v) is 8.82. The van der Waals surface area contributed by atoms with Crippen LogP contribution in [0.1, 0.15) is 0 Å². The maximum atomic E-state index is 4.91. The van der Waals surface area contributed by atoms with Gasteiger partial charge in [-0.05, 0) is 64.1 Å². The molecule has 2 aromatic carbocycles. The van der Waals surface area contributed by atoms with E-state index in [1.165, 1.54) is 0 Å². The van der Waals surface area contributed by atoms with E-state index in [4.69, 9.17) is 9.97 Å². The zero-order valence-electron chi connectivity index (χ0n) is 27.2. The van der Waals surface area contributed by atoms with Gasteiger partial charge < -0.3 is 47.3 Å². The van der Waals surface area contributed by atoms with Crippen LogP contribution in [0.4, 0.5) is 0 Å². The molecule has 0 atom stereocenters. The zero-order valence-corrected chi connectivity index (χ0v) is 31.8. The maximum absolute atomic E-state index is 4.91.